The highest BCUT2D eigenvalue weighted by Gasteiger charge is 2.17. The summed E-state index contributed by atoms with van der Waals surface area (Å²) in [4.78, 5) is 0. The van der Waals surface area contributed by atoms with E-state index in [2.05, 4.69) is 5.32 Å². The number of nitrogen functional groups attached to an aromatic ring is 1. The first-order valence-electron chi connectivity index (χ1n) is 4.27. The second-order valence-electron chi connectivity index (χ2n) is 3.00. The summed E-state index contributed by atoms with van der Waals surface area (Å²) in [5, 5.41) is 12.1. The number of fused-ring (bicyclic) bond motifs is 1. The second-order valence-corrected chi connectivity index (χ2v) is 3.00. The highest BCUT2D eigenvalue weighted by Crippen LogP contribution is 2.34. The van der Waals surface area contributed by atoms with E-state index >= 15 is 0 Å². The van der Waals surface area contributed by atoms with E-state index in [9.17, 15) is 4.39 Å². The van der Waals surface area contributed by atoms with Gasteiger partial charge in [-0.1, -0.05) is 0 Å². The summed E-state index contributed by atoms with van der Waals surface area (Å²) in [6.07, 6.45) is 0. The molecule has 0 bridgehead atoms. The van der Waals surface area contributed by atoms with Gasteiger partial charge in [0.1, 0.15) is 11.6 Å². The molecule has 0 aliphatic rings. The van der Waals surface area contributed by atoms with E-state index in [0.29, 0.717) is 11.1 Å². The standard InChI is InChI=1S/C10H8FN3O/c1-14-7-3-2-6(11)9-8(7)5(4-12)10(13)15-9/h2-3,14H,13H2,1H3. The molecule has 0 aliphatic heterocycles. The number of halogens is 1. The average molecular weight is 205 g/mol. The molecule has 0 aliphatic carbocycles. The molecule has 15 heavy (non-hydrogen) atoms. The summed E-state index contributed by atoms with van der Waals surface area (Å²) < 4.78 is 18.3. The molecule has 0 saturated carbocycles. The lowest BCUT2D eigenvalue weighted by atomic mass is 10.1. The molecule has 0 fully saturated rings. The first kappa shape index (κ1) is 9.34. The highest BCUT2D eigenvalue weighted by atomic mass is 19.1. The molecule has 5 heteroatoms. The first-order valence-corrected chi connectivity index (χ1v) is 4.27. The monoisotopic (exact) mass is 205 g/mol. The Morgan fingerprint density at radius 2 is 2.27 bits per heavy atom. The van der Waals surface area contributed by atoms with Gasteiger partial charge in [-0.05, 0) is 12.1 Å². The number of hydrogen-bond acceptors (Lipinski definition) is 4. The van der Waals surface area contributed by atoms with Crippen molar-refractivity contribution < 1.29 is 8.81 Å². The number of rotatable bonds is 1. The average Bonchev–Trinajstić information content (AvgIpc) is 2.56. The quantitative estimate of drug-likeness (QED) is 0.747. The van der Waals surface area contributed by atoms with Crippen LogP contribution >= 0.6 is 0 Å². The topological polar surface area (TPSA) is 75.0 Å². The minimum Gasteiger partial charge on any atom is -0.436 e. The van der Waals surface area contributed by atoms with Crippen LogP contribution in [0.15, 0.2) is 16.5 Å². The van der Waals surface area contributed by atoms with Crippen LogP contribution in [-0.4, -0.2) is 7.05 Å². The molecule has 1 aromatic heterocycles. The fraction of sp³-hybridized carbons (Fsp3) is 0.100. The molecule has 3 N–H and O–H groups in total. The molecule has 1 aromatic carbocycles. The van der Waals surface area contributed by atoms with Gasteiger partial charge in [-0.3, -0.25) is 0 Å². The Morgan fingerprint density at radius 1 is 1.53 bits per heavy atom. The summed E-state index contributed by atoms with van der Waals surface area (Å²) in [6, 6.07) is 4.69. The van der Waals surface area contributed by atoms with E-state index < -0.39 is 5.82 Å². The minimum absolute atomic E-state index is 0.0101. The minimum atomic E-state index is -0.530. The van der Waals surface area contributed by atoms with Gasteiger partial charge in [-0.15, -0.1) is 0 Å². The van der Waals surface area contributed by atoms with Crippen molar-refractivity contribution in [3.05, 3.63) is 23.5 Å². The van der Waals surface area contributed by atoms with Gasteiger partial charge < -0.3 is 15.5 Å². The van der Waals surface area contributed by atoms with Crippen molar-refractivity contribution in [2.24, 2.45) is 0 Å². The zero-order chi connectivity index (χ0) is 11.0. The molecule has 0 amide bonds. The van der Waals surface area contributed by atoms with Crippen molar-refractivity contribution in [3.63, 3.8) is 0 Å². The smallest absolute Gasteiger partial charge is 0.209 e. The summed E-state index contributed by atoms with van der Waals surface area (Å²) in [6.45, 7) is 0. The van der Waals surface area contributed by atoms with Gasteiger partial charge in [0.05, 0.1) is 5.39 Å². The zero-order valence-electron chi connectivity index (χ0n) is 7.97. The van der Waals surface area contributed by atoms with Crippen LogP contribution in [0.1, 0.15) is 5.56 Å². The molecular formula is C10H8FN3O. The number of hydrogen-bond donors (Lipinski definition) is 2. The van der Waals surface area contributed by atoms with Crippen molar-refractivity contribution in [1.82, 2.24) is 0 Å². The van der Waals surface area contributed by atoms with Gasteiger partial charge in [-0.2, -0.15) is 5.26 Å². The lowest BCUT2D eigenvalue weighted by molar-refractivity contribution is 0.571. The first-order chi connectivity index (χ1) is 7.19. The Bertz CT molecular complexity index is 568. The van der Waals surface area contributed by atoms with E-state index in [4.69, 9.17) is 15.4 Å². The molecule has 0 saturated heterocycles. The Labute approximate surface area is 85.1 Å². The van der Waals surface area contributed by atoms with E-state index in [1.54, 1.807) is 7.05 Å². The number of nitriles is 1. The molecule has 0 spiro atoms. The fourth-order valence-corrected chi connectivity index (χ4v) is 1.51. The Hall–Kier alpha value is -2.22. The molecule has 2 aromatic rings. The van der Waals surface area contributed by atoms with Crippen molar-refractivity contribution in [2.45, 2.75) is 0 Å². The number of benzene rings is 1. The van der Waals surface area contributed by atoms with Crippen molar-refractivity contribution in [2.75, 3.05) is 18.1 Å². The third-order valence-corrected chi connectivity index (χ3v) is 2.20. The predicted octanol–water partition coefficient (Wildman–Crippen LogP) is 2.07. The maximum Gasteiger partial charge on any atom is 0.209 e. The van der Waals surface area contributed by atoms with Crippen LogP contribution in [0.3, 0.4) is 0 Å². The van der Waals surface area contributed by atoms with Gasteiger partial charge in [-0.25, -0.2) is 4.39 Å². The maximum atomic E-state index is 13.3. The molecule has 0 unspecified atom stereocenters. The van der Waals surface area contributed by atoms with Crippen LogP contribution in [0.2, 0.25) is 0 Å². The summed E-state index contributed by atoms with van der Waals surface area (Å²) >= 11 is 0. The van der Waals surface area contributed by atoms with Gasteiger partial charge in [0, 0.05) is 12.7 Å². The van der Waals surface area contributed by atoms with Crippen molar-refractivity contribution in [3.8, 4) is 6.07 Å². The van der Waals surface area contributed by atoms with E-state index in [1.165, 1.54) is 12.1 Å². The molecule has 76 valence electrons. The number of furan rings is 1. The number of nitrogens with one attached hydrogen (secondary N) is 1. The lowest BCUT2D eigenvalue weighted by Gasteiger charge is -2.01. The van der Waals surface area contributed by atoms with Gasteiger partial charge in [0.25, 0.3) is 0 Å². The van der Waals surface area contributed by atoms with Crippen LogP contribution < -0.4 is 11.1 Å². The lowest BCUT2D eigenvalue weighted by Crippen LogP contribution is -1.91. The third-order valence-electron chi connectivity index (χ3n) is 2.20. The molecule has 0 radical (unpaired) electrons. The summed E-state index contributed by atoms with van der Waals surface area (Å²) in [5.74, 6) is -0.591. The van der Waals surface area contributed by atoms with Crippen LogP contribution in [-0.2, 0) is 0 Å². The second kappa shape index (κ2) is 3.17. The van der Waals surface area contributed by atoms with Crippen LogP contribution in [0, 0.1) is 17.1 Å². The Kier molecular flexibility index (Phi) is 1.97. The molecule has 2 rings (SSSR count). The summed E-state index contributed by atoms with van der Waals surface area (Å²) in [5.41, 5.74) is 6.26. The summed E-state index contributed by atoms with van der Waals surface area (Å²) in [7, 11) is 1.68. The Balaban J connectivity index is 2.97. The molecular weight excluding hydrogens is 197 g/mol. The van der Waals surface area contributed by atoms with Gasteiger partial charge in [0.2, 0.25) is 5.88 Å². The SMILES string of the molecule is CNc1ccc(F)c2oc(N)c(C#N)c12. The molecule has 0 atom stereocenters. The largest absolute Gasteiger partial charge is 0.436 e. The highest BCUT2D eigenvalue weighted by molar-refractivity contribution is 5.98. The van der Waals surface area contributed by atoms with Gasteiger partial charge in [0.15, 0.2) is 11.4 Å². The fourth-order valence-electron chi connectivity index (χ4n) is 1.51. The van der Waals surface area contributed by atoms with Crippen molar-refractivity contribution >= 4 is 22.5 Å². The van der Waals surface area contributed by atoms with Gasteiger partial charge >= 0.3 is 0 Å². The third kappa shape index (κ3) is 1.19. The Morgan fingerprint density at radius 3 is 2.87 bits per heavy atom. The van der Waals surface area contributed by atoms with Crippen LogP contribution in [0.5, 0.6) is 0 Å². The number of anilines is 2. The predicted molar refractivity (Wildman–Crippen MR) is 54.8 cm³/mol. The molecule has 4 nitrogen and oxygen atoms in total. The van der Waals surface area contributed by atoms with E-state index in [-0.39, 0.29) is 17.0 Å². The molecule has 1 heterocycles. The number of nitrogens with two attached hydrogens (primary N) is 1. The normalized spacial score (nSPS) is 10.2. The van der Waals surface area contributed by atoms with Crippen LogP contribution in [0.25, 0.3) is 11.0 Å². The maximum absolute atomic E-state index is 13.3. The van der Waals surface area contributed by atoms with Crippen molar-refractivity contribution in [1.29, 1.82) is 5.26 Å². The zero-order valence-corrected chi connectivity index (χ0v) is 7.97. The van der Waals surface area contributed by atoms with E-state index in [0.717, 1.165) is 0 Å². The number of nitrogens with zero attached hydrogens (tertiary/aromatic N) is 1. The van der Waals surface area contributed by atoms with Crippen LogP contribution in [0.4, 0.5) is 16.0 Å². The van der Waals surface area contributed by atoms with E-state index in [1.807, 2.05) is 6.07 Å².